The van der Waals surface area contributed by atoms with E-state index >= 15 is 0 Å². The Hall–Kier alpha value is -3.44. The molecule has 8 nitrogen and oxygen atoms in total. The van der Waals surface area contributed by atoms with Crippen LogP contribution in [0, 0.1) is 17.2 Å². The number of hydrogen-bond acceptors (Lipinski definition) is 6. The number of nitriles is 1. The van der Waals surface area contributed by atoms with Crippen LogP contribution in [-0.2, 0) is 0 Å². The van der Waals surface area contributed by atoms with Crippen LogP contribution in [0.25, 0.3) is 10.9 Å². The number of amides is 1. The van der Waals surface area contributed by atoms with Gasteiger partial charge in [-0.2, -0.15) is 10.4 Å². The number of methoxy groups -OCH3 is 1. The third kappa shape index (κ3) is 3.98. The Morgan fingerprint density at radius 1 is 1.30 bits per heavy atom. The second-order valence-electron chi connectivity index (χ2n) is 7.61. The number of anilines is 1. The minimum Gasteiger partial charge on any atom is -0.494 e. The molecule has 2 aromatic heterocycles. The summed E-state index contributed by atoms with van der Waals surface area (Å²) in [4.78, 5) is 16.6. The molecule has 2 heterocycles. The molecule has 0 saturated heterocycles. The van der Waals surface area contributed by atoms with Gasteiger partial charge in [0.05, 0.1) is 35.5 Å². The van der Waals surface area contributed by atoms with Crippen LogP contribution in [0.1, 0.15) is 47.6 Å². The lowest BCUT2D eigenvalue weighted by Gasteiger charge is -2.27. The molecule has 0 radical (unpaired) electrons. The van der Waals surface area contributed by atoms with Crippen molar-refractivity contribution >= 4 is 22.5 Å². The summed E-state index contributed by atoms with van der Waals surface area (Å²) in [6, 6.07) is 7.44. The number of aliphatic hydroxyl groups excluding tert-OH is 1. The highest BCUT2D eigenvalue weighted by Crippen LogP contribution is 2.35. The number of fused-ring (bicyclic) bond motifs is 1. The molecule has 1 amide bonds. The number of nitrogens with zero attached hydrogens (tertiary/aromatic N) is 4. The van der Waals surface area contributed by atoms with E-state index in [4.69, 9.17) is 15.1 Å². The number of ether oxygens (including phenoxy) is 1. The minimum atomic E-state index is -0.369. The van der Waals surface area contributed by atoms with Gasteiger partial charge < -0.3 is 15.2 Å². The van der Waals surface area contributed by atoms with Gasteiger partial charge in [-0.1, -0.05) is 0 Å². The summed E-state index contributed by atoms with van der Waals surface area (Å²) in [5, 5.41) is 26.8. The fraction of sp³-hybridized carbons (Fsp3) is 0.364. The van der Waals surface area contributed by atoms with E-state index in [2.05, 4.69) is 10.3 Å². The van der Waals surface area contributed by atoms with E-state index in [9.17, 15) is 9.90 Å². The van der Waals surface area contributed by atoms with E-state index in [-0.39, 0.29) is 12.5 Å². The highest BCUT2D eigenvalue weighted by atomic mass is 16.5. The summed E-state index contributed by atoms with van der Waals surface area (Å²) in [6.45, 7) is 0.251. The van der Waals surface area contributed by atoms with Gasteiger partial charge in [-0.25, -0.2) is 0 Å². The third-order valence-electron chi connectivity index (χ3n) is 5.67. The number of aliphatic hydroxyl groups is 1. The SMILES string of the molecule is COc1cc2nn([C@H]3CC[C@H](CO)CC3)cc2cc1NC(=O)c1cncc(C#N)c1. The summed E-state index contributed by atoms with van der Waals surface area (Å²) in [6.07, 6.45) is 8.79. The predicted octanol–water partition coefficient (Wildman–Crippen LogP) is 3.29. The van der Waals surface area contributed by atoms with Gasteiger partial charge >= 0.3 is 0 Å². The quantitative estimate of drug-likeness (QED) is 0.673. The Morgan fingerprint density at radius 3 is 2.80 bits per heavy atom. The largest absolute Gasteiger partial charge is 0.494 e. The number of nitrogens with one attached hydrogen (secondary N) is 1. The van der Waals surface area contributed by atoms with Crippen molar-refractivity contribution in [3.63, 3.8) is 0 Å². The molecular formula is C22H23N5O3. The number of rotatable bonds is 5. The molecule has 8 heteroatoms. The van der Waals surface area contributed by atoms with Gasteiger partial charge in [-0.15, -0.1) is 0 Å². The van der Waals surface area contributed by atoms with Crippen molar-refractivity contribution < 1.29 is 14.6 Å². The van der Waals surface area contributed by atoms with Gasteiger partial charge in [0, 0.05) is 36.7 Å². The van der Waals surface area contributed by atoms with Crippen LogP contribution in [-0.4, -0.2) is 39.5 Å². The van der Waals surface area contributed by atoms with Crippen molar-refractivity contribution in [2.75, 3.05) is 19.0 Å². The Balaban J connectivity index is 1.59. The Kier molecular flexibility index (Phi) is 5.63. The number of carbonyl (C=O) groups is 1. The first-order valence-corrected chi connectivity index (χ1v) is 9.95. The lowest BCUT2D eigenvalue weighted by Crippen LogP contribution is -2.20. The maximum atomic E-state index is 12.6. The smallest absolute Gasteiger partial charge is 0.257 e. The fourth-order valence-electron chi connectivity index (χ4n) is 3.94. The van der Waals surface area contributed by atoms with Crippen LogP contribution in [0.5, 0.6) is 5.75 Å². The first kappa shape index (κ1) is 19.9. The maximum absolute atomic E-state index is 12.6. The van der Waals surface area contributed by atoms with E-state index in [0.717, 1.165) is 36.6 Å². The fourth-order valence-corrected chi connectivity index (χ4v) is 3.94. The Labute approximate surface area is 174 Å². The molecule has 1 aliphatic carbocycles. The van der Waals surface area contributed by atoms with Crippen LogP contribution in [0.15, 0.2) is 36.8 Å². The zero-order chi connectivity index (χ0) is 21.1. The highest BCUT2D eigenvalue weighted by molar-refractivity contribution is 6.06. The zero-order valence-corrected chi connectivity index (χ0v) is 16.7. The van der Waals surface area contributed by atoms with Gasteiger partial charge in [-0.05, 0) is 43.7 Å². The summed E-state index contributed by atoms with van der Waals surface area (Å²) in [7, 11) is 1.54. The molecule has 1 fully saturated rings. The molecule has 0 bridgehead atoms. The average Bonchev–Trinajstić information content (AvgIpc) is 3.21. The molecule has 0 atom stereocenters. The molecule has 0 unspecified atom stereocenters. The van der Waals surface area contributed by atoms with Crippen molar-refractivity contribution in [2.24, 2.45) is 5.92 Å². The second-order valence-corrected chi connectivity index (χ2v) is 7.61. The lowest BCUT2D eigenvalue weighted by molar-refractivity contribution is 0.102. The van der Waals surface area contributed by atoms with E-state index in [0.29, 0.717) is 34.5 Å². The lowest BCUT2D eigenvalue weighted by atomic mass is 9.87. The topological polar surface area (TPSA) is 113 Å². The Bertz CT molecular complexity index is 1110. The van der Waals surface area contributed by atoms with Crippen LogP contribution >= 0.6 is 0 Å². The monoisotopic (exact) mass is 405 g/mol. The van der Waals surface area contributed by atoms with Gasteiger partial charge in [0.2, 0.25) is 0 Å². The summed E-state index contributed by atoms with van der Waals surface area (Å²) < 4.78 is 7.45. The van der Waals surface area contributed by atoms with E-state index in [1.54, 1.807) is 7.11 Å². The molecule has 1 saturated carbocycles. The van der Waals surface area contributed by atoms with Gasteiger partial charge in [0.15, 0.2) is 0 Å². The van der Waals surface area contributed by atoms with Crippen LogP contribution in [0.2, 0.25) is 0 Å². The van der Waals surface area contributed by atoms with Crippen molar-refractivity contribution in [1.82, 2.24) is 14.8 Å². The molecular weight excluding hydrogens is 382 g/mol. The standard InChI is InChI=1S/C22H23N5O3/c1-30-21-8-19-17(12-27(26-19)18-4-2-14(13-28)3-5-18)7-20(21)25-22(29)16-6-15(9-23)10-24-11-16/h6-8,10-12,14,18,28H,2-5,13H2,1H3,(H,25,29)/t14-,18-. The van der Waals surface area contributed by atoms with E-state index in [1.807, 2.05) is 29.1 Å². The molecule has 3 aromatic rings. The number of carbonyl (C=O) groups excluding carboxylic acids is 1. The maximum Gasteiger partial charge on any atom is 0.257 e. The van der Waals surface area contributed by atoms with Crippen molar-refractivity contribution in [3.05, 3.63) is 47.9 Å². The van der Waals surface area contributed by atoms with Crippen LogP contribution in [0.3, 0.4) is 0 Å². The number of benzene rings is 1. The van der Waals surface area contributed by atoms with Crippen LogP contribution < -0.4 is 10.1 Å². The van der Waals surface area contributed by atoms with E-state index < -0.39 is 0 Å². The van der Waals surface area contributed by atoms with E-state index in [1.165, 1.54) is 18.5 Å². The number of aromatic nitrogens is 3. The summed E-state index contributed by atoms with van der Waals surface area (Å²) in [5.74, 6) is 0.531. The molecule has 1 aliphatic rings. The summed E-state index contributed by atoms with van der Waals surface area (Å²) in [5.41, 5.74) is 1.94. The van der Waals surface area contributed by atoms with Gasteiger partial charge in [0.1, 0.15) is 11.8 Å². The number of hydrogen-bond donors (Lipinski definition) is 2. The third-order valence-corrected chi connectivity index (χ3v) is 5.67. The minimum absolute atomic E-state index is 0.251. The van der Waals surface area contributed by atoms with Gasteiger partial charge in [-0.3, -0.25) is 14.5 Å². The molecule has 0 aliphatic heterocycles. The molecule has 154 valence electrons. The Morgan fingerprint density at radius 2 is 2.10 bits per heavy atom. The molecule has 2 N–H and O–H groups in total. The molecule has 0 spiro atoms. The van der Waals surface area contributed by atoms with Crippen LogP contribution in [0.4, 0.5) is 5.69 Å². The van der Waals surface area contributed by atoms with Gasteiger partial charge in [0.25, 0.3) is 5.91 Å². The summed E-state index contributed by atoms with van der Waals surface area (Å²) >= 11 is 0. The molecule has 4 rings (SSSR count). The number of pyridine rings is 1. The second kappa shape index (κ2) is 8.51. The van der Waals surface area contributed by atoms with Crippen molar-refractivity contribution in [2.45, 2.75) is 31.7 Å². The van der Waals surface area contributed by atoms with Crippen molar-refractivity contribution in [1.29, 1.82) is 5.26 Å². The first-order valence-electron chi connectivity index (χ1n) is 9.95. The normalized spacial score (nSPS) is 18.7. The average molecular weight is 405 g/mol. The zero-order valence-electron chi connectivity index (χ0n) is 16.7. The predicted molar refractivity (Wildman–Crippen MR) is 111 cm³/mol. The first-order chi connectivity index (χ1) is 14.6. The molecule has 30 heavy (non-hydrogen) atoms. The molecule has 1 aromatic carbocycles. The van der Waals surface area contributed by atoms with Crippen molar-refractivity contribution in [3.8, 4) is 11.8 Å². The highest BCUT2D eigenvalue weighted by Gasteiger charge is 2.23.